The Hall–Kier alpha value is -1.38. The summed E-state index contributed by atoms with van der Waals surface area (Å²) in [6.45, 7) is 7.01. The Morgan fingerprint density at radius 2 is 1.81 bits per heavy atom. The Balaban J connectivity index is 2.17. The zero-order valence-electron chi connectivity index (χ0n) is 13.3. The fraction of sp³-hybridized carbons (Fsp3) is 0.474. The molecule has 2 heteroatoms. The minimum atomic E-state index is 0.271. The van der Waals surface area contributed by atoms with Crippen LogP contribution in [0, 0.1) is 0 Å². The lowest BCUT2D eigenvalue weighted by Crippen LogP contribution is -2.26. The largest absolute Gasteiger partial charge is 0.379 e. The van der Waals surface area contributed by atoms with Crippen LogP contribution in [0.3, 0.4) is 0 Å². The minimum absolute atomic E-state index is 0.271. The number of hydrogen-bond donors (Lipinski definition) is 1. The fourth-order valence-corrected chi connectivity index (χ4v) is 2.58. The Labute approximate surface area is 128 Å². The van der Waals surface area contributed by atoms with Crippen molar-refractivity contribution in [3.63, 3.8) is 0 Å². The highest BCUT2D eigenvalue weighted by Gasteiger charge is 2.13. The third-order valence-corrected chi connectivity index (χ3v) is 3.77. The Bertz CT molecular complexity index is 533. The molecule has 0 spiro atoms. The van der Waals surface area contributed by atoms with E-state index < -0.39 is 0 Å². The van der Waals surface area contributed by atoms with E-state index in [0.717, 1.165) is 32.6 Å². The van der Waals surface area contributed by atoms with Crippen LogP contribution in [0.1, 0.15) is 44.7 Å². The lowest BCUT2D eigenvalue weighted by atomic mass is 9.99. The number of rotatable bonds is 9. The van der Waals surface area contributed by atoms with E-state index >= 15 is 0 Å². The first-order valence-corrected chi connectivity index (χ1v) is 8.15. The molecular formula is C19H27NO. The van der Waals surface area contributed by atoms with E-state index in [1.54, 1.807) is 0 Å². The first kappa shape index (κ1) is 16.0. The summed E-state index contributed by atoms with van der Waals surface area (Å²) in [7, 11) is 0. The van der Waals surface area contributed by atoms with Crippen LogP contribution in [-0.2, 0) is 4.74 Å². The van der Waals surface area contributed by atoms with Crippen LogP contribution in [0.2, 0.25) is 0 Å². The summed E-state index contributed by atoms with van der Waals surface area (Å²) in [5.41, 5.74) is 1.35. The van der Waals surface area contributed by atoms with Crippen molar-refractivity contribution < 1.29 is 4.74 Å². The molecule has 0 aliphatic heterocycles. The van der Waals surface area contributed by atoms with Gasteiger partial charge in [-0.2, -0.15) is 0 Å². The van der Waals surface area contributed by atoms with Crippen LogP contribution in [0.25, 0.3) is 10.8 Å². The molecule has 2 rings (SSSR count). The summed E-state index contributed by atoms with van der Waals surface area (Å²) in [5, 5.41) is 6.25. The van der Waals surface area contributed by atoms with Gasteiger partial charge >= 0.3 is 0 Å². The molecule has 0 saturated heterocycles. The molecule has 114 valence electrons. The summed E-state index contributed by atoms with van der Waals surface area (Å²) in [6, 6.07) is 15.4. The fourth-order valence-electron chi connectivity index (χ4n) is 2.58. The molecule has 0 aliphatic carbocycles. The quantitative estimate of drug-likeness (QED) is 0.674. The SMILES string of the molecule is CCCCOCC(NCCC)c1cccc2ccccc12. The van der Waals surface area contributed by atoms with E-state index in [4.69, 9.17) is 4.74 Å². The molecule has 0 aliphatic rings. The average molecular weight is 285 g/mol. The molecule has 0 radical (unpaired) electrons. The van der Waals surface area contributed by atoms with Gasteiger partial charge in [0.1, 0.15) is 0 Å². The van der Waals surface area contributed by atoms with Gasteiger partial charge < -0.3 is 10.1 Å². The van der Waals surface area contributed by atoms with Gasteiger partial charge in [-0.25, -0.2) is 0 Å². The van der Waals surface area contributed by atoms with Crippen LogP contribution >= 0.6 is 0 Å². The maximum Gasteiger partial charge on any atom is 0.0661 e. The van der Waals surface area contributed by atoms with Crippen molar-refractivity contribution in [2.75, 3.05) is 19.8 Å². The summed E-state index contributed by atoms with van der Waals surface area (Å²) >= 11 is 0. The highest BCUT2D eigenvalue weighted by Crippen LogP contribution is 2.24. The number of hydrogen-bond acceptors (Lipinski definition) is 2. The van der Waals surface area contributed by atoms with Crippen molar-refractivity contribution in [2.45, 2.75) is 39.2 Å². The molecule has 2 aromatic rings. The first-order chi connectivity index (χ1) is 10.4. The van der Waals surface area contributed by atoms with E-state index in [0.29, 0.717) is 0 Å². The Morgan fingerprint density at radius 3 is 2.62 bits per heavy atom. The van der Waals surface area contributed by atoms with E-state index in [9.17, 15) is 0 Å². The highest BCUT2D eigenvalue weighted by atomic mass is 16.5. The van der Waals surface area contributed by atoms with E-state index in [1.165, 1.54) is 22.8 Å². The summed E-state index contributed by atoms with van der Waals surface area (Å²) in [4.78, 5) is 0. The summed E-state index contributed by atoms with van der Waals surface area (Å²) in [6.07, 6.45) is 3.45. The van der Waals surface area contributed by atoms with Gasteiger partial charge in [0, 0.05) is 6.61 Å². The van der Waals surface area contributed by atoms with Crippen LogP contribution in [0.4, 0.5) is 0 Å². The van der Waals surface area contributed by atoms with Crippen molar-refractivity contribution in [2.24, 2.45) is 0 Å². The van der Waals surface area contributed by atoms with Crippen LogP contribution < -0.4 is 5.32 Å². The molecule has 0 saturated carbocycles. The molecule has 0 heterocycles. The van der Waals surface area contributed by atoms with Gasteiger partial charge in [-0.05, 0) is 35.7 Å². The molecule has 1 unspecified atom stereocenters. The normalized spacial score (nSPS) is 12.7. The lowest BCUT2D eigenvalue weighted by molar-refractivity contribution is 0.109. The van der Waals surface area contributed by atoms with Gasteiger partial charge in [0.15, 0.2) is 0 Å². The van der Waals surface area contributed by atoms with Gasteiger partial charge in [-0.3, -0.25) is 0 Å². The molecular weight excluding hydrogens is 258 g/mol. The Morgan fingerprint density at radius 1 is 1.00 bits per heavy atom. The molecule has 1 atom stereocenters. The van der Waals surface area contributed by atoms with Gasteiger partial charge in [0.05, 0.1) is 12.6 Å². The topological polar surface area (TPSA) is 21.3 Å². The summed E-state index contributed by atoms with van der Waals surface area (Å²) in [5.74, 6) is 0. The standard InChI is InChI=1S/C19H27NO/c1-3-5-14-21-15-19(20-13-4-2)18-12-8-10-16-9-6-7-11-17(16)18/h6-12,19-20H,3-5,13-15H2,1-2H3. The average Bonchev–Trinajstić information content (AvgIpc) is 2.54. The van der Waals surface area contributed by atoms with E-state index in [1.807, 2.05) is 0 Å². The van der Waals surface area contributed by atoms with Crippen molar-refractivity contribution >= 4 is 10.8 Å². The van der Waals surface area contributed by atoms with Crippen molar-refractivity contribution in [3.8, 4) is 0 Å². The molecule has 0 amide bonds. The molecule has 1 N–H and O–H groups in total. The third kappa shape index (κ3) is 4.55. The van der Waals surface area contributed by atoms with Gasteiger partial charge in [-0.1, -0.05) is 62.7 Å². The molecule has 21 heavy (non-hydrogen) atoms. The third-order valence-electron chi connectivity index (χ3n) is 3.77. The monoisotopic (exact) mass is 285 g/mol. The maximum absolute atomic E-state index is 5.87. The molecule has 2 aromatic carbocycles. The van der Waals surface area contributed by atoms with Gasteiger partial charge in [-0.15, -0.1) is 0 Å². The second-order valence-corrected chi connectivity index (χ2v) is 5.50. The molecule has 0 aromatic heterocycles. The minimum Gasteiger partial charge on any atom is -0.379 e. The van der Waals surface area contributed by atoms with E-state index in [-0.39, 0.29) is 6.04 Å². The number of unbranched alkanes of at least 4 members (excludes halogenated alkanes) is 1. The van der Waals surface area contributed by atoms with Gasteiger partial charge in [0.25, 0.3) is 0 Å². The summed E-state index contributed by atoms with van der Waals surface area (Å²) < 4.78 is 5.87. The highest BCUT2D eigenvalue weighted by molar-refractivity contribution is 5.86. The predicted molar refractivity (Wildman–Crippen MR) is 90.7 cm³/mol. The van der Waals surface area contributed by atoms with Crippen LogP contribution in [0.5, 0.6) is 0 Å². The van der Waals surface area contributed by atoms with E-state index in [2.05, 4.69) is 61.6 Å². The smallest absolute Gasteiger partial charge is 0.0661 e. The predicted octanol–water partition coefficient (Wildman–Crippen LogP) is 4.70. The molecule has 0 fully saturated rings. The molecule has 2 nitrogen and oxygen atoms in total. The van der Waals surface area contributed by atoms with Gasteiger partial charge in [0.2, 0.25) is 0 Å². The van der Waals surface area contributed by atoms with Crippen molar-refractivity contribution in [1.29, 1.82) is 0 Å². The Kier molecular flexibility index (Phi) is 6.71. The lowest BCUT2D eigenvalue weighted by Gasteiger charge is -2.21. The first-order valence-electron chi connectivity index (χ1n) is 8.15. The second-order valence-electron chi connectivity index (χ2n) is 5.50. The number of ether oxygens (including phenoxy) is 1. The number of nitrogens with one attached hydrogen (secondary N) is 1. The van der Waals surface area contributed by atoms with Crippen LogP contribution in [0.15, 0.2) is 42.5 Å². The zero-order valence-corrected chi connectivity index (χ0v) is 13.3. The van der Waals surface area contributed by atoms with Crippen molar-refractivity contribution in [3.05, 3.63) is 48.0 Å². The zero-order chi connectivity index (χ0) is 14.9. The number of fused-ring (bicyclic) bond motifs is 1. The molecule has 0 bridgehead atoms. The number of benzene rings is 2. The second kappa shape index (κ2) is 8.81. The van der Waals surface area contributed by atoms with Crippen molar-refractivity contribution in [1.82, 2.24) is 5.32 Å². The maximum atomic E-state index is 5.87. The van der Waals surface area contributed by atoms with Crippen LogP contribution in [-0.4, -0.2) is 19.8 Å².